The van der Waals surface area contributed by atoms with E-state index in [1.165, 1.54) is 22.4 Å². The van der Waals surface area contributed by atoms with Gasteiger partial charge in [0.05, 0.1) is 6.61 Å². The zero-order valence-corrected chi connectivity index (χ0v) is 15.8. The van der Waals surface area contributed by atoms with Crippen LogP contribution in [0.3, 0.4) is 0 Å². The Labute approximate surface area is 147 Å². The van der Waals surface area contributed by atoms with Crippen molar-refractivity contribution in [1.29, 1.82) is 0 Å². The van der Waals surface area contributed by atoms with Gasteiger partial charge in [0, 0.05) is 17.0 Å². The molecule has 2 aromatic rings. The fourth-order valence-electron chi connectivity index (χ4n) is 3.38. The molecule has 0 saturated carbocycles. The van der Waals surface area contributed by atoms with Gasteiger partial charge in [-0.25, -0.2) is 0 Å². The number of aliphatic hydroxyl groups excluding tert-OH is 1. The Morgan fingerprint density at radius 1 is 0.917 bits per heavy atom. The fraction of sp³-hybridized carbons (Fsp3) is 0.500. The monoisotopic (exact) mass is 325 g/mol. The molecule has 2 heteroatoms. The van der Waals surface area contributed by atoms with Gasteiger partial charge in [-0.3, -0.25) is 4.98 Å². The number of nitrogens with zero attached hydrogens (tertiary/aromatic N) is 1. The van der Waals surface area contributed by atoms with Gasteiger partial charge in [0.2, 0.25) is 0 Å². The van der Waals surface area contributed by atoms with Crippen LogP contribution in [-0.2, 0) is 13.0 Å². The van der Waals surface area contributed by atoms with Crippen molar-refractivity contribution in [3.63, 3.8) is 0 Å². The Morgan fingerprint density at radius 2 is 1.50 bits per heavy atom. The number of aromatic nitrogens is 1. The average Bonchev–Trinajstić information content (AvgIpc) is 2.58. The van der Waals surface area contributed by atoms with E-state index in [-0.39, 0.29) is 6.61 Å². The first-order chi connectivity index (χ1) is 11.5. The molecular weight excluding hydrogens is 294 g/mol. The first-order valence-corrected chi connectivity index (χ1v) is 9.23. The normalized spacial score (nSPS) is 11.5. The summed E-state index contributed by atoms with van der Waals surface area (Å²) in [6, 6.07) is 10.5. The topological polar surface area (TPSA) is 33.1 Å². The van der Waals surface area contributed by atoms with Gasteiger partial charge in [-0.15, -0.1) is 0 Å². The zero-order valence-electron chi connectivity index (χ0n) is 15.8. The van der Waals surface area contributed by atoms with Crippen molar-refractivity contribution in [1.82, 2.24) is 4.98 Å². The molecule has 0 fully saturated rings. The molecule has 0 aliphatic rings. The van der Waals surface area contributed by atoms with Crippen LogP contribution in [-0.4, -0.2) is 10.1 Å². The van der Waals surface area contributed by atoms with Crippen LogP contribution >= 0.6 is 0 Å². The minimum atomic E-state index is 0.0439. The maximum Gasteiger partial charge on any atom is 0.0705 e. The van der Waals surface area contributed by atoms with Crippen LogP contribution < -0.4 is 0 Å². The van der Waals surface area contributed by atoms with E-state index >= 15 is 0 Å². The number of benzene rings is 1. The van der Waals surface area contributed by atoms with Crippen LogP contribution in [0.25, 0.3) is 11.1 Å². The maximum absolute atomic E-state index is 10.1. The molecule has 0 atom stereocenters. The van der Waals surface area contributed by atoms with Crippen molar-refractivity contribution >= 4 is 0 Å². The molecular formula is C22H31NO. The number of aliphatic hydroxyl groups is 1. The molecule has 2 nitrogen and oxygen atoms in total. The molecule has 0 radical (unpaired) electrons. The molecule has 1 heterocycles. The Balaban J connectivity index is 2.83. The summed E-state index contributed by atoms with van der Waals surface area (Å²) in [6.07, 6.45) is 3.33. The molecule has 0 amide bonds. The molecule has 0 saturated heterocycles. The van der Waals surface area contributed by atoms with E-state index < -0.39 is 0 Å². The van der Waals surface area contributed by atoms with Gasteiger partial charge in [-0.2, -0.15) is 0 Å². The van der Waals surface area contributed by atoms with Crippen molar-refractivity contribution in [3.8, 4) is 11.1 Å². The van der Waals surface area contributed by atoms with Gasteiger partial charge in [-0.1, -0.05) is 71.4 Å². The van der Waals surface area contributed by atoms with Crippen LogP contribution in [0.2, 0.25) is 0 Å². The van der Waals surface area contributed by atoms with Crippen molar-refractivity contribution in [3.05, 3.63) is 52.8 Å². The second-order valence-electron chi connectivity index (χ2n) is 7.15. The van der Waals surface area contributed by atoms with E-state index in [1.54, 1.807) is 0 Å². The quantitative estimate of drug-likeness (QED) is 0.694. The van der Waals surface area contributed by atoms with Crippen molar-refractivity contribution in [2.75, 3.05) is 0 Å². The fourth-order valence-corrected chi connectivity index (χ4v) is 3.38. The lowest BCUT2D eigenvalue weighted by Gasteiger charge is -2.24. The second kappa shape index (κ2) is 8.43. The van der Waals surface area contributed by atoms with Gasteiger partial charge in [0.15, 0.2) is 0 Å². The highest BCUT2D eigenvalue weighted by atomic mass is 16.3. The summed E-state index contributed by atoms with van der Waals surface area (Å²) in [5.74, 6) is 0.678. The van der Waals surface area contributed by atoms with Gasteiger partial charge in [-0.05, 0) is 41.4 Å². The lowest BCUT2D eigenvalue weighted by atomic mass is 9.85. The SMILES string of the molecule is CCCCc1c(C(C)C)nc(C(C)C)c(CO)c1-c1ccccc1. The molecule has 130 valence electrons. The first kappa shape index (κ1) is 18.7. The molecule has 24 heavy (non-hydrogen) atoms. The van der Waals surface area contributed by atoms with Gasteiger partial charge < -0.3 is 5.11 Å². The van der Waals surface area contributed by atoms with Crippen LogP contribution in [0.5, 0.6) is 0 Å². The van der Waals surface area contributed by atoms with E-state index in [9.17, 15) is 5.11 Å². The van der Waals surface area contributed by atoms with Crippen molar-refractivity contribution < 1.29 is 5.11 Å². The summed E-state index contributed by atoms with van der Waals surface area (Å²) < 4.78 is 0. The Kier molecular flexibility index (Phi) is 6.56. The third-order valence-corrected chi connectivity index (χ3v) is 4.56. The predicted molar refractivity (Wildman–Crippen MR) is 102 cm³/mol. The summed E-state index contributed by atoms with van der Waals surface area (Å²) in [7, 11) is 0. The van der Waals surface area contributed by atoms with Crippen LogP contribution in [0, 0.1) is 0 Å². The van der Waals surface area contributed by atoms with Crippen LogP contribution in [0.4, 0.5) is 0 Å². The molecule has 2 rings (SSSR count). The predicted octanol–water partition coefficient (Wildman–Crippen LogP) is 5.83. The molecule has 1 aromatic carbocycles. The van der Waals surface area contributed by atoms with E-state index in [1.807, 2.05) is 6.07 Å². The zero-order chi connectivity index (χ0) is 17.7. The number of unbranched alkanes of at least 4 members (excludes halogenated alkanes) is 1. The summed E-state index contributed by atoms with van der Waals surface area (Å²) in [4.78, 5) is 5.02. The number of hydrogen-bond donors (Lipinski definition) is 1. The molecule has 0 aliphatic heterocycles. The Morgan fingerprint density at radius 3 is 2.00 bits per heavy atom. The smallest absolute Gasteiger partial charge is 0.0705 e. The first-order valence-electron chi connectivity index (χ1n) is 9.23. The third-order valence-electron chi connectivity index (χ3n) is 4.56. The molecule has 1 N–H and O–H groups in total. The highest BCUT2D eigenvalue weighted by molar-refractivity contribution is 5.73. The highest BCUT2D eigenvalue weighted by Crippen LogP contribution is 2.37. The lowest BCUT2D eigenvalue weighted by Crippen LogP contribution is -2.12. The summed E-state index contributed by atoms with van der Waals surface area (Å²) in [5, 5.41) is 10.1. The maximum atomic E-state index is 10.1. The standard InChI is InChI=1S/C22H31NO/c1-6-7-13-18-20(17-11-9-8-10-12-17)19(14-24)22(16(4)5)23-21(18)15(2)3/h8-12,15-16,24H,6-7,13-14H2,1-5H3. The van der Waals surface area contributed by atoms with E-state index in [0.717, 1.165) is 30.5 Å². The van der Waals surface area contributed by atoms with Crippen LogP contribution in [0.15, 0.2) is 30.3 Å². The van der Waals surface area contributed by atoms with E-state index in [4.69, 9.17) is 4.98 Å². The van der Waals surface area contributed by atoms with Crippen molar-refractivity contribution in [2.45, 2.75) is 72.3 Å². The van der Waals surface area contributed by atoms with Crippen LogP contribution in [0.1, 0.15) is 81.8 Å². The largest absolute Gasteiger partial charge is 0.392 e. The molecule has 0 spiro atoms. The van der Waals surface area contributed by atoms with Gasteiger partial charge in [0.1, 0.15) is 0 Å². The summed E-state index contributed by atoms with van der Waals surface area (Å²) in [5.41, 5.74) is 6.98. The summed E-state index contributed by atoms with van der Waals surface area (Å²) >= 11 is 0. The minimum absolute atomic E-state index is 0.0439. The number of pyridine rings is 1. The molecule has 0 bridgehead atoms. The highest BCUT2D eigenvalue weighted by Gasteiger charge is 2.22. The Hall–Kier alpha value is -1.67. The molecule has 0 aliphatic carbocycles. The van der Waals surface area contributed by atoms with E-state index in [0.29, 0.717) is 11.8 Å². The average molecular weight is 325 g/mol. The van der Waals surface area contributed by atoms with Crippen molar-refractivity contribution in [2.24, 2.45) is 0 Å². The minimum Gasteiger partial charge on any atom is -0.392 e. The second-order valence-corrected chi connectivity index (χ2v) is 7.15. The number of hydrogen-bond acceptors (Lipinski definition) is 2. The molecule has 1 aromatic heterocycles. The third kappa shape index (κ3) is 3.87. The van der Waals surface area contributed by atoms with E-state index in [2.05, 4.69) is 58.9 Å². The Bertz CT molecular complexity index is 659. The lowest BCUT2D eigenvalue weighted by molar-refractivity contribution is 0.279. The molecule has 0 unspecified atom stereocenters. The number of rotatable bonds is 7. The summed E-state index contributed by atoms with van der Waals surface area (Å²) in [6.45, 7) is 11.0. The van der Waals surface area contributed by atoms with Gasteiger partial charge in [0.25, 0.3) is 0 Å². The van der Waals surface area contributed by atoms with Gasteiger partial charge >= 0.3 is 0 Å².